The maximum Gasteiger partial charge on any atom is 0.186 e. The zero-order valence-electron chi connectivity index (χ0n) is 20.9. The average Bonchev–Trinajstić information content (AvgIpc) is 3.61. The number of ether oxygens (including phenoxy) is 1. The third-order valence-corrected chi connectivity index (χ3v) is 6.10. The molecule has 2 aromatic carbocycles. The number of carbonyl (C=O) groups excluding carboxylic acids is 1. The van der Waals surface area contributed by atoms with E-state index in [-0.39, 0.29) is 12.2 Å². The van der Waals surface area contributed by atoms with Crippen molar-refractivity contribution in [1.82, 2.24) is 0 Å². The predicted octanol–water partition coefficient (Wildman–Crippen LogP) is 6.16. The highest BCUT2D eigenvalue weighted by molar-refractivity contribution is 6.10. The van der Waals surface area contributed by atoms with Gasteiger partial charge < -0.3 is 14.9 Å². The molecular formula is C30H36O4. The van der Waals surface area contributed by atoms with E-state index in [1.807, 2.05) is 58.9 Å². The molecule has 4 heteroatoms. The second kappa shape index (κ2) is 11.5. The zero-order chi connectivity index (χ0) is 24.8. The number of benzene rings is 2. The molecule has 4 nitrogen and oxygen atoms in total. The Balaban J connectivity index is 1.71. The number of hydrogen-bond acceptors (Lipinski definition) is 4. The SMILES string of the molecule is CC(C)=C(/C=C(\C)OCc1cccc(C2CC2)c1)C(=O)/C=C(/C)c1ccc(CC(O)O)cc1C. The number of carbonyl (C=O) groups is 1. The molecule has 2 aromatic rings. The van der Waals surface area contributed by atoms with Gasteiger partial charge in [0, 0.05) is 12.0 Å². The molecule has 1 aliphatic rings. The second-order valence-corrected chi connectivity index (χ2v) is 9.50. The van der Waals surface area contributed by atoms with Crippen LogP contribution in [0.1, 0.15) is 74.3 Å². The molecule has 0 saturated heterocycles. The first-order chi connectivity index (χ1) is 16.1. The van der Waals surface area contributed by atoms with Crippen molar-refractivity contribution in [1.29, 1.82) is 0 Å². The molecule has 0 unspecified atom stereocenters. The largest absolute Gasteiger partial charge is 0.494 e. The highest BCUT2D eigenvalue weighted by atomic mass is 16.5. The first-order valence-corrected chi connectivity index (χ1v) is 11.9. The average molecular weight is 461 g/mol. The highest BCUT2D eigenvalue weighted by Crippen LogP contribution is 2.40. The van der Waals surface area contributed by atoms with Gasteiger partial charge in [0.25, 0.3) is 0 Å². The summed E-state index contributed by atoms with van der Waals surface area (Å²) >= 11 is 0. The molecule has 0 bridgehead atoms. The van der Waals surface area contributed by atoms with E-state index in [2.05, 4.69) is 24.3 Å². The fraction of sp³-hybridized carbons (Fsp3) is 0.367. The molecule has 3 rings (SSSR count). The molecule has 1 fully saturated rings. The van der Waals surface area contributed by atoms with Gasteiger partial charge in [-0.2, -0.15) is 0 Å². The van der Waals surface area contributed by atoms with Crippen molar-refractivity contribution in [2.24, 2.45) is 0 Å². The van der Waals surface area contributed by atoms with Crippen LogP contribution < -0.4 is 0 Å². The molecule has 1 saturated carbocycles. The fourth-order valence-electron chi connectivity index (χ4n) is 4.12. The van der Waals surface area contributed by atoms with Gasteiger partial charge in [-0.1, -0.05) is 48.0 Å². The van der Waals surface area contributed by atoms with Gasteiger partial charge in [0.05, 0.1) is 5.76 Å². The van der Waals surface area contributed by atoms with Crippen LogP contribution in [0.4, 0.5) is 0 Å². The Labute approximate surface area is 203 Å². The summed E-state index contributed by atoms with van der Waals surface area (Å²) in [5.74, 6) is 1.35. The molecule has 0 amide bonds. The van der Waals surface area contributed by atoms with Crippen molar-refractivity contribution in [3.8, 4) is 0 Å². The summed E-state index contributed by atoms with van der Waals surface area (Å²) in [6.07, 6.45) is 4.84. The van der Waals surface area contributed by atoms with Crippen LogP contribution in [0.25, 0.3) is 5.57 Å². The summed E-state index contributed by atoms with van der Waals surface area (Å²) in [6.45, 7) is 10.1. The maximum absolute atomic E-state index is 13.1. The minimum Gasteiger partial charge on any atom is -0.494 e. The van der Waals surface area contributed by atoms with Gasteiger partial charge in [0.15, 0.2) is 12.1 Å². The molecule has 180 valence electrons. The first kappa shape index (κ1) is 25.7. The quantitative estimate of drug-likeness (QED) is 0.193. The van der Waals surface area contributed by atoms with Gasteiger partial charge >= 0.3 is 0 Å². The summed E-state index contributed by atoms with van der Waals surface area (Å²) < 4.78 is 5.98. The lowest BCUT2D eigenvalue weighted by Crippen LogP contribution is -2.08. The van der Waals surface area contributed by atoms with Crippen LogP contribution in [0.3, 0.4) is 0 Å². The van der Waals surface area contributed by atoms with Crippen LogP contribution in [0, 0.1) is 6.92 Å². The molecule has 34 heavy (non-hydrogen) atoms. The molecule has 0 spiro atoms. The maximum atomic E-state index is 13.1. The number of rotatable bonds is 10. The fourth-order valence-corrected chi connectivity index (χ4v) is 4.12. The van der Waals surface area contributed by atoms with Crippen molar-refractivity contribution >= 4 is 11.4 Å². The van der Waals surface area contributed by atoms with Gasteiger partial charge in [-0.05, 0) is 98.9 Å². The van der Waals surface area contributed by atoms with Crippen LogP contribution in [0.5, 0.6) is 0 Å². The van der Waals surface area contributed by atoms with Crippen molar-refractivity contribution in [2.75, 3.05) is 0 Å². The second-order valence-electron chi connectivity index (χ2n) is 9.50. The molecule has 0 radical (unpaired) electrons. The Kier molecular flexibility index (Phi) is 8.65. The summed E-state index contributed by atoms with van der Waals surface area (Å²) in [5.41, 5.74) is 7.75. The van der Waals surface area contributed by atoms with Gasteiger partial charge in [-0.25, -0.2) is 0 Å². The number of ketones is 1. The van der Waals surface area contributed by atoms with Crippen LogP contribution in [-0.4, -0.2) is 22.3 Å². The van der Waals surface area contributed by atoms with Gasteiger partial charge in [0.2, 0.25) is 0 Å². The van der Waals surface area contributed by atoms with Crippen LogP contribution in [-0.2, 0) is 22.6 Å². The number of aryl methyl sites for hydroxylation is 1. The zero-order valence-corrected chi connectivity index (χ0v) is 20.9. The summed E-state index contributed by atoms with van der Waals surface area (Å²) in [6, 6.07) is 14.3. The molecular weight excluding hydrogens is 424 g/mol. The van der Waals surface area contributed by atoms with Crippen molar-refractivity contribution in [3.05, 3.63) is 99.3 Å². The van der Waals surface area contributed by atoms with E-state index in [1.54, 1.807) is 6.08 Å². The third kappa shape index (κ3) is 7.28. The minimum absolute atomic E-state index is 0.0644. The van der Waals surface area contributed by atoms with Gasteiger partial charge in [-0.3, -0.25) is 4.79 Å². The van der Waals surface area contributed by atoms with E-state index in [9.17, 15) is 15.0 Å². The monoisotopic (exact) mass is 460 g/mol. The Hall–Kier alpha value is -2.95. The van der Waals surface area contributed by atoms with E-state index in [1.165, 1.54) is 18.4 Å². The predicted molar refractivity (Wildman–Crippen MR) is 137 cm³/mol. The lowest BCUT2D eigenvalue weighted by Gasteiger charge is -2.11. The Morgan fingerprint density at radius 3 is 2.38 bits per heavy atom. The normalized spacial score (nSPS) is 14.4. The van der Waals surface area contributed by atoms with E-state index >= 15 is 0 Å². The van der Waals surface area contributed by atoms with Crippen LogP contribution in [0.2, 0.25) is 0 Å². The summed E-state index contributed by atoms with van der Waals surface area (Å²) in [4.78, 5) is 13.1. The van der Waals surface area contributed by atoms with Crippen molar-refractivity contribution in [2.45, 2.75) is 72.7 Å². The van der Waals surface area contributed by atoms with Crippen LogP contribution >= 0.6 is 0 Å². The van der Waals surface area contributed by atoms with Gasteiger partial charge in [0.1, 0.15) is 6.61 Å². The molecule has 0 heterocycles. The number of aliphatic hydroxyl groups excluding tert-OH is 1. The van der Waals surface area contributed by atoms with E-state index < -0.39 is 6.29 Å². The topological polar surface area (TPSA) is 66.8 Å². The molecule has 2 N–H and O–H groups in total. The molecule has 0 atom stereocenters. The Morgan fingerprint density at radius 2 is 1.76 bits per heavy atom. The summed E-state index contributed by atoms with van der Waals surface area (Å²) in [5, 5.41) is 18.4. The number of aliphatic hydroxyl groups is 2. The molecule has 1 aliphatic carbocycles. The number of allylic oxidation sites excluding steroid dienone is 6. The van der Waals surface area contributed by atoms with Gasteiger partial charge in [-0.15, -0.1) is 0 Å². The summed E-state index contributed by atoms with van der Waals surface area (Å²) in [7, 11) is 0. The van der Waals surface area contributed by atoms with E-state index in [0.29, 0.717) is 23.9 Å². The van der Waals surface area contributed by atoms with Crippen LogP contribution in [0.15, 0.2) is 71.5 Å². The highest BCUT2D eigenvalue weighted by Gasteiger charge is 2.23. The van der Waals surface area contributed by atoms with Crippen molar-refractivity contribution in [3.63, 3.8) is 0 Å². The smallest absolute Gasteiger partial charge is 0.186 e. The number of hydrogen-bond donors (Lipinski definition) is 2. The van der Waals surface area contributed by atoms with E-state index in [4.69, 9.17) is 4.74 Å². The third-order valence-electron chi connectivity index (χ3n) is 6.10. The Morgan fingerprint density at radius 1 is 1.03 bits per heavy atom. The minimum atomic E-state index is -1.37. The molecule has 0 aromatic heterocycles. The lowest BCUT2D eigenvalue weighted by atomic mass is 9.95. The first-order valence-electron chi connectivity index (χ1n) is 11.9. The van der Waals surface area contributed by atoms with Crippen molar-refractivity contribution < 1.29 is 19.7 Å². The lowest BCUT2D eigenvalue weighted by molar-refractivity contribution is -0.111. The Bertz CT molecular complexity index is 1130. The van der Waals surface area contributed by atoms with E-state index in [0.717, 1.165) is 33.4 Å². The molecule has 0 aliphatic heterocycles. The standard InChI is InChI=1S/C30H36O4/c1-19(2)28(15-22(5)34-18-24-7-6-8-26(16-24)25-10-11-25)29(31)14-21(4)27-12-9-23(13-20(27)3)17-30(32)33/h6-9,12-16,25,30,32-33H,10-11,17-18H2,1-5H3/b21-14-,22-15+.